The Bertz CT molecular complexity index is 554. The Balaban J connectivity index is 2.03. The highest BCUT2D eigenvalue weighted by molar-refractivity contribution is 7.09. The molecule has 0 spiro atoms. The van der Waals surface area contributed by atoms with Crippen molar-refractivity contribution in [3.05, 3.63) is 44.9 Å². The smallest absolute Gasteiger partial charge is 0.150 e. The molecule has 0 N–H and O–H groups in total. The Hall–Kier alpha value is -1.39. The van der Waals surface area contributed by atoms with E-state index in [9.17, 15) is 4.79 Å². The number of rotatable bonds is 5. The molecule has 0 aliphatic rings. The summed E-state index contributed by atoms with van der Waals surface area (Å²) in [5, 5.41) is 3.51. The maximum atomic E-state index is 10.6. The van der Waals surface area contributed by atoms with E-state index >= 15 is 0 Å². The molecule has 94 valence electrons. The number of hydrogen-bond acceptors (Lipinski definition) is 4. The zero-order valence-corrected chi connectivity index (χ0v) is 11.4. The predicted octanol–water partition coefficient (Wildman–Crippen LogP) is 3.75. The lowest BCUT2D eigenvalue weighted by atomic mass is 10.2. The van der Waals surface area contributed by atoms with Crippen molar-refractivity contribution in [2.75, 3.05) is 0 Å². The third kappa shape index (κ3) is 3.09. The summed E-state index contributed by atoms with van der Waals surface area (Å²) in [4.78, 5) is 15.0. The van der Waals surface area contributed by atoms with Crippen LogP contribution in [0.15, 0.2) is 23.6 Å². The highest BCUT2D eigenvalue weighted by Crippen LogP contribution is 2.26. The molecule has 0 aliphatic carbocycles. The van der Waals surface area contributed by atoms with Crippen molar-refractivity contribution in [3.63, 3.8) is 0 Å². The number of aldehydes is 1. The number of aromatic nitrogens is 1. The van der Waals surface area contributed by atoms with Crippen molar-refractivity contribution in [2.24, 2.45) is 0 Å². The SMILES string of the molecule is CCc1nc(COc2ccc(C=O)cc2Cl)cs1. The first kappa shape index (κ1) is 13.1. The van der Waals surface area contributed by atoms with Gasteiger partial charge < -0.3 is 4.74 Å². The number of carbonyl (C=O) groups excluding carboxylic acids is 1. The van der Waals surface area contributed by atoms with Crippen LogP contribution >= 0.6 is 22.9 Å². The minimum atomic E-state index is 0.386. The lowest BCUT2D eigenvalue weighted by Gasteiger charge is -2.06. The Kier molecular flexibility index (Phi) is 4.33. The monoisotopic (exact) mass is 281 g/mol. The van der Waals surface area contributed by atoms with Crippen LogP contribution in [0.4, 0.5) is 0 Å². The van der Waals surface area contributed by atoms with Crippen LogP contribution in [0, 0.1) is 0 Å². The molecular formula is C13H12ClNO2S. The summed E-state index contributed by atoms with van der Waals surface area (Å²) in [5.41, 5.74) is 1.43. The summed E-state index contributed by atoms with van der Waals surface area (Å²) in [5.74, 6) is 0.563. The Morgan fingerprint density at radius 2 is 2.33 bits per heavy atom. The van der Waals surface area contributed by atoms with Crippen molar-refractivity contribution in [1.82, 2.24) is 4.98 Å². The third-order valence-electron chi connectivity index (χ3n) is 2.37. The first-order chi connectivity index (χ1) is 8.72. The second kappa shape index (κ2) is 5.98. The molecule has 1 aromatic heterocycles. The number of benzene rings is 1. The summed E-state index contributed by atoms with van der Waals surface area (Å²) in [6, 6.07) is 4.95. The van der Waals surface area contributed by atoms with Crippen molar-refractivity contribution < 1.29 is 9.53 Å². The van der Waals surface area contributed by atoms with Gasteiger partial charge in [0.25, 0.3) is 0 Å². The molecule has 0 radical (unpaired) electrons. The van der Waals surface area contributed by atoms with Crippen LogP contribution in [0.3, 0.4) is 0 Å². The van der Waals surface area contributed by atoms with Gasteiger partial charge in [-0.1, -0.05) is 18.5 Å². The van der Waals surface area contributed by atoms with Gasteiger partial charge in [-0.2, -0.15) is 0 Å². The average molecular weight is 282 g/mol. The molecule has 1 heterocycles. The largest absolute Gasteiger partial charge is 0.486 e. The molecule has 0 amide bonds. The van der Waals surface area contributed by atoms with Gasteiger partial charge in [-0.15, -0.1) is 11.3 Å². The molecule has 18 heavy (non-hydrogen) atoms. The number of nitrogens with zero attached hydrogens (tertiary/aromatic N) is 1. The minimum Gasteiger partial charge on any atom is -0.486 e. The van der Waals surface area contributed by atoms with Gasteiger partial charge in [-0.3, -0.25) is 4.79 Å². The van der Waals surface area contributed by atoms with E-state index in [-0.39, 0.29) is 0 Å². The zero-order chi connectivity index (χ0) is 13.0. The number of thiazole rings is 1. The number of hydrogen-bond donors (Lipinski definition) is 0. The van der Waals surface area contributed by atoms with E-state index in [1.807, 2.05) is 5.38 Å². The quantitative estimate of drug-likeness (QED) is 0.784. The molecule has 0 saturated heterocycles. The van der Waals surface area contributed by atoms with E-state index in [0.717, 1.165) is 23.4 Å². The molecule has 0 aliphatic heterocycles. The molecule has 0 unspecified atom stereocenters. The van der Waals surface area contributed by atoms with Gasteiger partial charge >= 0.3 is 0 Å². The van der Waals surface area contributed by atoms with Crippen molar-refractivity contribution in [2.45, 2.75) is 20.0 Å². The van der Waals surface area contributed by atoms with E-state index < -0.39 is 0 Å². The molecule has 0 fully saturated rings. The van der Waals surface area contributed by atoms with Gasteiger partial charge in [0.05, 0.1) is 15.7 Å². The number of carbonyl (C=O) groups is 1. The van der Waals surface area contributed by atoms with E-state index in [4.69, 9.17) is 16.3 Å². The van der Waals surface area contributed by atoms with Gasteiger partial charge in [0, 0.05) is 10.9 Å². The molecule has 1 aromatic carbocycles. The van der Waals surface area contributed by atoms with Crippen LogP contribution in [0.2, 0.25) is 5.02 Å². The fourth-order valence-corrected chi connectivity index (χ4v) is 2.41. The standard InChI is InChI=1S/C13H12ClNO2S/c1-2-13-15-10(8-18-13)7-17-12-4-3-9(6-16)5-11(12)14/h3-6,8H,2,7H2,1H3. The van der Waals surface area contributed by atoms with Crippen LogP contribution in [-0.2, 0) is 13.0 Å². The Labute approximate surface area is 114 Å². The van der Waals surface area contributed by atoms with Crippen LogP contribution in [0.5, 0.6) is 5.75 Å². The van der Waals surface area contributed by atoms with Gasteiger partial charge in [-0.25, -0.2) is 4.98 Å². The highest BCUT2D eigenvalue weighted by Gasteiger charge is 2.05. The lowest BCUT2D eigenvalue weighted by molar-refractivity contribution is 0.112. The molecule has 5 heteroatoms. The molecule has 3 nitrogen and oxygen atoms in total. The summed E-state index contributed by atoms with van der Waals surface area (Å²) in [6.07, 6.45) is 1.68. The van der Waals surface area contributed by atoms with Gasteiger partial charge in [0.1, 0.15) is 18.6 Å². The second-order valence-electron chi connectivity index (χ2n) is 3.68. The maximum absolute atomic E-state index is 10.6. The Morgan fingerprint density at radius 3 is 2.94 bits per heavy atom. The van der Waals surface area contributed by atoms with E-state index in [1.165, 1.54) is 0 Å². The van der Waals surface area contributed by atoms with Gasteiger partial charge in [0.15, 0.2) is 0 Å². The topological polar surface area (TPSA) is 39.2 Å². The van der Waals surface area contributed by atoms with Crippen LogP contribution in [-0.4, -0.2) is 11.3 Å². The highest BCUT2D eigenvalue weighted by atomic mass is 35.5. The molecule has 2 rings (SSSR count). The van der Waals surface area contributed by atoms with E-state index in [0.29, 0.717) is 22.9 Å². The number of halogens is 1. The van der Waals surface area contributed by atoms with Gasteiger partial charge in [-0.05, 0) is 24.6 Å². The predicted molar refractivity (Wildman–Crippen MR) is 72.7 cm³/mol. The maximum Gasteiger partial charge on any atom is 0.150 e. The number of ether oxygens (including phenoxy) is 1. The minimum absolute atomic E-state index is 0.386. The summed E-state index contributed by atoms with van der Waals surface area (Å²) >= 11 is 7.63. The van der Waals surface area contributed by atoms with E-state index in [2.05, 4.69) is 11.9 Å². The zero-order valence-electron chi connectivity index (χ0n) is 9.85. The van der Waals surface area contributed by atoms with Crippen LogP contribution in [0.1, 0.15) is 28.0 Å². The lowest BCUT2D eigenvalue weighted by Crippen LogP contribution is -1.97. The average Bonchev–Trinajstić information content (AvgIpc) is 2.85. The first-order valence-electron chi connectivity index (χ1n) is 5.53. The molecule has 0 saturated carbocycles. The normalized spacial score (nSPS) is 10.3. The van der Waals surface area contributed by atoms with Crippen molar-refractivity contribution in [1.29, 1.82) is 0 Å². The third-order valence-corrected chi connectivity index (χ3v) is 3.71. The summed E-state index contributed by atoms with van der Waals surface area (Å²) < 4.78 is 5.58. The van der Waals surface area contributed by atoms with Crippen molar-refractivity contribution >= 4 is 29.2 Å². The summed E-state index contributed by atoms with van der Waals surface area (Å²) in [7, 11) is 0. The first-order valence-corrected chi connectivity index (χ1v) is 6.79. The molecular weight excluding hydrogens is 270 g/mol. The van der Waals surface area contributed by atoms with Gasteiger partial charge in [0.2, 0.25) is 0 Å². The van der Waals surface area contributed by atoms with Crippen LogP contribution in [0.25, 0.3) is 0 Å². The molecule has 0 bridgehead atoms. The Morgan fingerprint density at radius 1 is 1.50 bits per heavy atom. The summed E-state index contributed by atoms with van der Waals surface area (Å²) in [6.45, 7) is 2.45. The second-order valence-corrected chi connectivity index (χ2v) is 5.03. The fraction of sp³-hybridized carbons (Fsp3) is 0.231. The van der Waals surface area contributed by atoms with Crippen LogP contribution < -0.4 is 4.74 Å². The van der Waals surface area contributed by atoms with Crippen molar-refractivity contribution in [3.8, 4) is 5.75 Å². The van der Waals surface area contributed by atoms with E-state index in [1.54, 1.807) is 29.5 Å². The fourth-order valence-electron chi connectivity index (χ4n) is 1.44. The number of aryl methyl sites for hydroxylation is 1. The molecule has 0 atom stereocenters. The molecule has 2 aromatic rings.